The topological polar surface area (TPSA) is 50.4 Å². The minimum Gasteiger partial charge on any atom is -0.382 e. The van der Waals surface area contributed by atoms with Crippen molar-refractivity contribution in [2.45, 2.75) is 44.7 Å². The number of methoxy groups -OCH3 is 1. The fourth-order valence-corrected chi connectivity index (χ4v) is 1.98. The van der Waals surface area contributed by atoms with Crippen LogP contribution in [0, 0.1) is 0 Å². The Morgan fingerprint density at radius 3 is 2.87 bits per heavy atom. The Labute approximate surface area is 91.8 Å². The van der Waals surface area contributed by atoms with Gasteiger partial charge in [-0.3, -0.25) is 4.79 Å². The fourth-order valence-electron chi connectivity index (χ4n) is 1.98. The van der Waals surface area contributed by atoms with E-state index in [4.69, 9.17) is 4.74 Å². The predicted molar refractivity (Wildman–Crippen MR) is 59.7 cm³/mol. The van der Waals surface area contributed by atoms with Gasteiger partial charge in [-0.1, -0.05) is 0 Å². The first-order chi connectivity index (χ1) is 7.03. The Balaban J connectivity index is 2.27. The summed E-state index contributed by atoms with van der Waals surface area (Å²) in [6.45, 7) is 5.52. The van der Waals surface area contributed by atoms with Gasteiger partial charge in [0.2, 0.25) is 5.91 Å². The van der Waals surface area contributed by atoms with Crippen LogP contribution in [0.3, 0.4) is 0 Å². The summed E-state index contributed by atoms with van der Waals surface area (Å²) in [5.41, 5.74) is -0.273. The molecule has 0 spiro atoms. The molecular weight excluding hydrogens is 192 g/mol. The zero-order valence-electron chi connectivity index (χ0n) is 9.93. The Hall–Kier alpha value is -0.610. The highest BCUT2D eigenvalue weighted by atomic mass is 16.5. The van der Waals surface area contributed by atoms with Crippen LogP contribution in [0.5, 0.6) is 0 Å². The lowest BCUT2D eigenvalue weighted by molar-refractivity contribution is -0.123. The van der Waals surface area contributed by atoms with Crippen LogP contribution < -0.4 is 10.6 Å². The van der Waals surface area contributed by atoms with Gasteiger partial charge < -0.3 is 15.4 Å². The molecule has 1 fully saturated rings. The van der Waals surface area contributed by atoms with E-state index in [2.05, 4.69) is 10.6 Å². The first kappa shape index (κ1) is 12.5. The summed E-state index contributed by atoms with van der Waals surface area (Å²) < 4.78 is 5.05. The van der Waals surface area contributed by atoms with E-state index in [-0.39, 0.29) is 11.4 Å². The molecule has 1 heterocycles. The first-order valence-electron chi connectivity index (χ1n) is 5.57. The van der Waals surface area contributed by atoms with Gasteiger partial charge in [-0.25, -0.2) is 0 Å². The maximum Gasteiger partial charge on any atom is 0.222 e. The lowest BCUT2D eigenvalue weighted by Crippen LogP contribution is -2.48. The van der Waals surface area contributed by atoms with Gasteiger partial charge in [-0.05, 0) is 33.2 Å². The van der Waals surface area contributed by atoms with Gasteiger partial charge in [0.05, 0.1) is 12.1 Å². The Kier molecular flexibility index (Phi) is 4.54. The first-order valence-corrected chi connectivity index (χ1v) is 5.57. The van der Waals surface area contributed by atoms with E-state index in [0.29, 0.717) is 19.1 Å². The lowest BCUT2D eigenvalue weighted by atomic mass is 10.1. The Morgan fingerprint density at radius 2 is 2.33 bits per heavy atom. The van der Waals surface area contributed by atoms with Gasteiger partial charge in [0, 0.05) is 19.6 Å². The number of carbonyl (C=O) groups is 1. The zero-order valence-corrected chi connectivity index (χ0v) is 9.93. The van der Waals surface area contributed by atoms with Crippen LogP contribution in [0.15, 0.2) is 0 Å². The highest BCUT2D eigenvalue weighted by Gasteiger charge is 2.23. The largest absolute Gasteiger partial charge is 0.382 e. The van der Waals surface area contributed by atoms with Gasteiger partial charge >= 0.3 is 0 Å². The highest BCUT2D eigenvalue weighted by molar-refractivity contribution is 5.77. The maximum atomic E-state index is 11.7. The number of hydrogen-bond donors (Lipinski definition) is 2. The quantitative estimate of drug-likeness (QED) is 0.707. The third kappa shape index (κ3) is 4.62. The molecule has 1 atom stereocenters. The number of carbonyl (C=O) groups excluding carboxylic acids is 1. The lowest BCUT2D eigenvalue weighted by Gasteiger charge is -2.26. The van der Waals surface area contributed by atoms with Crippen LogP contribution in [-0.2, 0) is 9.53 Å². The average Bonchev–Trinajstić information content (AvgIpc) is 2.54. The molecule has 2 N–H and O–H groups in total. The van der Waals surface area contributed by atoms with Crippen LogP contribution in [0.4, 0.5) is 0 Å². The van der Waals surface area contributed by atoms with E-state index in [1.54, 1.807) is 7.11 Å². The molecule has 1 aliphatic heterocycles. The Bertz CT molecular complexity index is 211. The monoisotopic (exact) mass is 214 g/mol. The van der Waals surface area contributed by atoms with Crippen LogP contribution in [0.1, 0.15) is 33.1 Å². The molecule has 4 nitrogen and oxygen atoms in total. The molecule has 1 saturated heterocycles. The molecule has 1 aliphatic rings. The second-order valence-corrected chi connectivity index (χ2v) is 4.86. The van der Waals surface area contributed by atoms with Gasteiger partial charge in [0.15, 0.2) is 0 Å². The third-order valence-corrected chi connectivity index (χ3v) is 2.58. The van der Waals surface area contributed by atoms with Gasteiger partial charge in [0.1, 0.15) is 0 Å². The molecule has 88 valence electrons. The van der Waals surface area contributed by atoms with E-state index in [1.165, 1.54) is 6.42 Å². The van der Waals surface area contributed by atoms with Gasteiger partial charge in [0.25, 0.3) is 0 Å². The second-order valence-electron chi connectivity index (χ2n) is 4.86. The van der Waals surface area contributed by atoms with E-state index in [0.717, 1.165) is 13.0 Å². The van der Waals surface area contributed by atoms with Crippen molar-refractivity contribution in [1.82, 2.24) is 10.6 Å². The maximum absolute atomic E-state index is 11.7. The summed E-state index contributed by atoms with van der Waals surface area (Å²) in [5.74, 6) is 0.108. The average molecular weight is 214 g/mol. The molecule has 4 heteroatoms. The van der Waals surface area contributed by atoms with E-state index in [1.807, 2.05) is 13.8 Å². The molecule has 0 radical (unpaired) electrons. The molecule has 0 saturated carbocycles. The van der Waals surface area contributed by atoms with Crippen molar-refractivity contribution in [3.05, 3.63) is 0 Å². The van der Waals surface area contributed by atoms with Crippen molar-refractivity contribution in [2.75, 3.05) is 20.3 Å². The molecule has 0 aromatic rings. The molecule has 1 unspecified atom stereocenters. The molecule has 15 heavy (non-hydrogen) atoms. The number of nitrogens with one attached hydrogen (secondary N) is 2. The molecule has 0 bridgehead atoms. The van der Waals surface area contributed by atoms with Crippen molar-refractivity contribution in [1.29, 1.82) is 0 Å². The van der Waals surface area contributed by atoms with Crippen molar-refractivity contribution in [3.63, 3.8) is 0 Å². The number of ether oxygens (including phenoxy) is 1. The predicted octanol–water partition coefficient (Wildman–Crippen LogP) is 0.670. The summed E-state index contributed by atoms with van der Waals surface area (Å²) in [6.07, 6.45) is 2.87. The summed E-state index contributed by atoms with van der Waals surface area (Å²) in [6, 6.07) is 0.364. The van der Waals surface area contributed by atoms with Crippen molar-refractivity contribution >= 4 is 5.91 Å². The summed E-state index contributed by atoms with van der Waals surface area (Å²) in [5, 5.41) is 6.29. The minimum absolute atomic E-state index is 0.108. The normalized spacial score (nSPS) is 21.7. The Morgan fingerprint density at radius 1 is 1.60 bits per heavy atom. The number of rotatable bonds is 5. The summed E-state index contributed by atoms with van der Waals surface area (Å²) in [4.78, 5) is 11.7. The van der Waals surface area contributed by atoms with Crippen LogP contribution >= 0.6 is 0 Å². The molecule has 0 aromatic carbocycles. The van der Waals surface area contributed by atoms with Crippen LogP contribution in [0.25, 0.3) is 0 Å². The standard InChI is InChI=1S/C11H22N2O2/c1-11(2,8-15-3)13-10(14)7-9-5-4-6-12-9/h9,12H,4-8H2,1-3H3,(H,13,14). The van der Waals surface area contributed by atoms with Crippen LogP contribution in [0.2, 0.25) is 0 Å². The SMILES string of the molecule is COCC(C)(C)NC(=O)CC1CCCN1. The molecular formula is C11H22N2O2. The van der Waals surface area contributed by atoms with E-state index >= 15 is 0 Å². The fraction of sp³-hybridized carbons (Fsp3) is 0.909. The summed E-state index contributed by atoms with van der Waals surface area (Å²) >= 11 is 0. The highest BCUT2D eigenvalue weighted by Crippen LogP contribution is 2.10. The van der Waals surface area contributed by atoms with E-state index in [9.17, 15) is 4.79 Å². The van der Waals surface area contributed by atoms with Crippen molar-refractivity contribution in [2.24, 2.45) is 0 Å². The van der Waals surface area contributed by atoms with Gasteiger partial charge in [-0.15, -0.1) is 0 Å². The zero-order chi connectivity index (χ0) is 11.3. The van der Waals surface area contributed by atoms with Crippen LogP contribution in [-0.4, -0.2) is 37.7 Å². The third-order valence-electron chi connectivity index (χ3n) is 2.58. The molecule has 1 rings (SSSR count). The minimum atomic E-state index is -0.273. The van der Waals surface area contributed by atoms with Crippen molar-refractivity contribution in [3.8, 4) is 0 Å². The number of amides is 1. The second kappa shape index (κ2) is 5.47. The summed E-state index contributed by atoms with van der Waals surface area (Å²) in [7, 11) is 1.65. The van der Waals surface area contributed by atoms with Gasteiger partial charge in [-0.2, -0.15) is 0 Å². The smallest absolute Gasteiger partial charge is 0.222 e. The molecule has 0 aliphatic carbocycles. The molecule has 0 aromatic heterocycles. The van der Waals surface area contributed by atoms with Crippen molar-refractivity contribution < 1.29 is 9.53 Å². The number of hydrogen-bond acceptors (Lipinski definition) is 3. The van der Waals surface area contributed by atoms with E-state index < -0.39 is 0 Å². The molecule has 1 amide bonds.